The molecule has 1 aliphatic rings. The Hall–Kier alpha value is -1.19. The van der Waals surface area contributed by atoms with E-state index in [2.05, 4.69) is 10.1 Å². The van der Waals surface area contributed by atoms with E-state index in [0.717, 1.165) is 0 Å². The monoisotopic (exact) mass is 141 g/mol. The summed E-state index contributed by atoms with van der Waals surface area (Å²) in [7, 11) is 0. The minimum Gasteiger partial charge on any atom is -0.480 e. The number of rotatable bonds is 1. The minimum absolute atomic E-state index is 0.299. The molecule has 1 saturated heterocycles. The summed E-state index contributed by atoms with van der Waals surface area (Å²) in [5.41, 5.74) is 8.57. The summed E-state index contributed by atoms with van der Waals surface area (Å²) in [5, 5.41) is 11.1. The van der Waals surface area contributed by atoms with Gasteiger partial charge in [-0.25, -0.2) is 4.79 Å². The highest BCUT2D eigenvalue weighted by Gasteiger charge is 2.34. The fraction of sp³-hybridized carbons (Fsp3) is 0.600. The van der Waals surface area contributed by atoms with Crippen LogP contribution in [0.25, 0.3) is 5.53 Å². The number of nitrogens with one attached hydrogen (secondary N) is 1. The van der Waals surface area contributed by atoms with Crippen LogP contribution >= 0.6 is 0 Å². The summed E-state index contributed by atoms with van der Waals surface area (Å²) in [5.74, 6) is -0.995. The Labute approximate surface area is 57.3 Å². The van der Waals surface area contributed by atoms with Crippen LogP contribution in [0.1, 0.15) is 6.42 Å². The van der Waals surface area contributed by atoms with Crippen molar-refractivity contribution in [2.75, 3.05) is 6.54 Å². The highest BCUT2D eigenvalue weighted by atomic mass is 16.4. The average Bonchev–Trinajstić information content (AvgIpc) is 2.33. The molecule has 2 N–H and O–H groups in total. The van der Waals surface area contributed by atoms with Crippen LogP contribution < -0.4 is 5.32 Å². The van der Waals surface area contributed by atoms with Gasteiger partial charge in [0.2, 0.25) is 6.04 Å². The molecule has 5 nitrogen and oxygen atoms in total. The van der Waals surface area contributed by atoms with Crippen LogP contribution in [0.15, 0.2) is 0 Å². The lowest BCUT2D eigenvalue weighted by Gasteiger charge is -1.95. The van der Waals surface area contributed by atoms with Crippen LogP contribution in [-0.4, -0.2) is 34.2 Å². The Morgan fingerprint density at radius 3 is 3.00 bits per heavy atom. The molecule has 0 radical (unpaired) electrons. The molecule has 54 valence electrons. The molecular formula is C5H7N3O2. The summed E-state index contributed by atoms with van der Waals surface area (Å²) in [4.78, 5) is 13.2. The molecule has 0 amide bonds. The van der Waals surface area contributed by atoms with Crippen molar-refractivity contribution in [3.63, 3.8) is 0 Å². The zero-order valence-corrected chi connectivity index (χ0v) is 5.24. The maximum Gasteiger partial charge on any atom is 0.332 e. The van der Waals surface area contributed by atoms with Gasteiger partial charge in [0, 0.05) is 6.54 Å². The second kappa shape index (κ2) is 2.60. The SMILES string of the molecule is [N-]=[N+]=C1CCN[C@@H]1C(=O)O. The van der Waals surface area contributed by atoms with Gasteiger partial charge in [0.05, 0.1) is 6.42 Å². The molecular weight excluding hydrogens is 134 g/mol. The van der Waals surface area contributed by atoms with Crippen LogP contribution in [0.3, 0.4) is 0 Å². The Morgan fingerprint density at radius 2 is 2.60 bits per heavy atom. The molecule has 1 fully saturated rings. The van der Waals surface area contributed by atoms with E-state index in [-0.39, 0.29) is 0 Å². The predicted molar refractivity (Wildman–Crippen MR) is 32.7 cm³/mol. The van der Waals surface area contributed by atoms with E-state index in [0.29, 0.717) is 18.7 Å². The minimum atomic E-state index is -0.995. The molecule has 0 aromatic rings. The first-order chi connectivity index (χ1) is 4.75. The van der Waals surface area contributed by atoms with Gasteiger partial charge in [-0.3, -0.25) is 5.32 Å². The molecule has 10 heavy (non-hydrogen) atoms. The Balaban J connectivity index is 2.78. The van der Waals surface area contributed by atoms with Crippen LogP contribution in [0.5, 0.6) is 0 Å². The maximum atomic E-state index is 10.3. The van der Waals surface area contributed by atoms with E-state index in [1.54, 1.807) is 0 Å². The van der Waals surface area contributed by atoms with Crippen molar-refractivity contribution in [2.45, 2.75) is 12.5 Å². The number of hydrogen-bond acceptors (Lipinski definition) is 2. The first kappa shape index (κ1) is 6.92. The molecule has 0 bridgehead atoms. The van der Waals surface area contributed by atoms with E-state index in [1.807, 2.05) is 0 Å². The van der Waals surface area contributed by atoms with E-state index < -0.39 is 12.0 Å². The lowest BCUT2D eigenvalue weighted by molar-refractivity contribution is -0.138. The van der Waals surface area contributed by atoms with Gasteiger partial charge in [-0.15, -0.1) is 0 Å². The highest BCUT2D eigenvalue weighted by Crippen LogP contribution is 1.99. The molecule has 5 heteroatoms. The summed E-state index contributed by atoms with van der Waals surface area (Å²) in [6.45, 7) is 0.566. The zero-order chi connectivity index (χ0) is 7.56. The van der Waals surface area contributed by atoms with Gasteiger partial charge in [0.25, 0.3) is 5.71 Å². The molecule has 0 aromatic carbocycles. The molecule has 1 rings (SSSR count). The lowest BCUT2D eigenvalue weighted by Crippen LogP contribution is -2.36. The molecule has 0 spiro atoms. The van der Waals surface area contributed by atoms with Crippen molar-refractivity contribution in [1.82, 2.24) is 5.32 Å². The van der Waals surface area contributed by atoms with Gasteiger partial charge in [-0.05, 0) is 0 Å². The molecule has 1 heterocycles. The normalized spacial score (nSPS) is 24.4. The van der Waals surface area contributed by atoms with Crippen LogP contribution in [0.2, 0.25) is 0 Å². The van der Waals surface area contributed by atoms with Gasteiger partial charge in [0.15, 0.2) is 0 Å². The second-order valence-corrected chi connectivity index (χ2v) is 2.07. The van der Waals surface area contributed by atoms with E-state index in [1.165, 1.54) is 0 Å². The van der Waals surface area contributed by atoms with Crippen molar-refractivity contribution in [3.05, 3.63) is 5.53 Å². The average molecular weight is 141 g/mol. The third-order valence-corrected chi connectivity index (χ3v) is 1.44. The molecule has 0 aromatic heterocycles. The van der Waals surface area contributed by atoms with Crippen molar-refractivity contribution < 1.29 is 14.7 Å². The standard InChI is InChI=1S/C5H7N3O2/c6-8-3-1-2-7-4(3)5(9)10/h4,7H,1-2H2,(H,9,10)/t4-/m0/s1. The number of carbonyl (C=O) groups is 1. The summed E-state index contributed by atoms with van der Waals surface area (Å²) in [6, 6.07) is -0.787. The largest absolute Gasteiger partial charge is 0.480 e. The molecule has 0 saturated carbocycles. The molecule has 1 atom stereocenters. The fourth-order valence-corrected chi connectivity index (χ4v) is 0.944. The van der Waals surface area contributed by atoms with E-state index in [4.69, 9.17) is 10.6 Å². The summed E-state index contributed by atoms with van der Waals surface area (Å²) < 4.78 is 0. The Kier molecular flexibility index (Phi) is 1.80. The third-order valence-electron chi connectivity index (χ3n) is 1.44. The maximum absolute atomic E-state index is 10.3. The van der Waals surface area contributed by atoms with Crippen molar-refractivity contribution >= 4 is 11.7 Å². The summed E-state index contributed by atoms with van der Waals surface area (Å²) in [6.07, 6.45) is 0.507. The first-order valence-corrected chi connectivity index (χ1v) is 2.92. The second-order valence-electron chi connectivity index (χ2n) is 2.07. The fourth-order valence-electron chi connectivity index (χ4n) is 0.944. The van der Waals surface area contributed by atoms with Crippen LogP contribution in [0.4, 0.5) is 0 Å². The molecule has 0 aliphatic carbocycles. The number of carboxylic acid groups (broad SMARTS) is 1. The topological polar surface area (TPSA) is 85.7 Å². The van der Waals surface area contributed by atoms with Gasteiger partial charge in [-0.2, -0.15) is 4.79 Å². The Morgan fingerprint density at radius 1 is 1.90 bits per heavy atom. The van der Waals surface area contributed by atoms with Crippen LogP contribution in [0, 0.1) is 0 Å². The van der Waals surface area contributed by atoms with E-state index >= 15 is 0 Å². The van der Waals surface area contributed by atoms with E-state index in [9.17, 15) is 4.79 Å². The molecule has 0 unspecified atom stereocenters. The smallest absolute Gasteiger partial charge is 0.332 e. The van der Waals surface area contributed by atoms with Gasteiger partial charge < -0.3 is 10.6 Å². The van der Waals surface area contributed by atoms with Crippen molar-refractivity contribution in [3.8, 4) is 0 Å². The lowest BCUT2D eigenvalue weighted by atomic mass is 10.2. The van der Waals surface area contributed by atoms with Gasteiger partial charge >= 0.3 is 5.97 Å². The number of hydrogen-bond donors (Lipinski definition) is 2. The predicted octanol–water partition coefficient (Wildman–Crippen LogP) is -0.896. The van der Waals surface area contributed by atoms with Crippen molar-refractivity contribution in [1.29, 1.82) is 0 Å². The van der Waals surface area contributed by atoms with Gasteiger partial charge in [-0.1, -0.05) is 0 Å². The number of aliphatic carboxylic acids is 1. The third kappa shape index (κ3) is 1.05. The van der Waals surface area contributed by atoms with Gasteiger partial charge in [0.1, 0.15) is 0 Å². The van der Waals surface area contributed by atoms with Crippen molar-refractivity contribution in [2.24, 2.45) is 0 Å². The first-order valence-electron chi connectivity index (χ1n) is 2.92. The Bertz CT molecular complexity index is 207. The number of carboxylic acids is 1. The summed E-state index contributed by atoms with van der Waals surface area (Å²) >= 11 is 0. The van der Waals surface area contributed by atoms with Crippen LogP contribution in [-0.2, 0) is 4.79 Å². The molecule has 1 aliphatic heterocycles. The highest BCUT2D eigenvalue weighted by molar-refractivity contribution is 6.04. The number of nitrogens with zero attached hydrogens (tertiary/aromatic N) is 2. The zero-order valence-electron chi connectivity index (χ0n) is 5.24. The quantitative estimate of drug-likeness (QED) is 0.366.